The van der Waals surface area contributed by atoms with Gasteiger partial charge in [-0.05, 0) is 18.2 Å². The van der Waals surface area contributed by atoms with Crippen molar-refractivity contribution in [3.8, 4) is 33.8 Å². The number of hydrogen-bond donors (Lipinski definition) is 0. The molecule has 1 heterocycles. The monoisotopic (exact) mass is 457 g/mol. The minimum Gasteiger partial charge on any atom is -0.464 e. The molecule has 0 aliphatic rings. The third-order valence-electron chi connectivity index (χ3n) is 4.09. The van der Waals surface area contributed by atoms with Crippen LogP contribution < -0.4 is 9.47 Å². The fourth-order valence-corrected chi connectivity index (χ4v) is 2.90. The maximum atomic E-state index is 12.9. The van der Waals surface area contributed by atoms with Crippen LogP contribution in [0.15, 0.2) is 60.8 Å². The topological polar surface area (TPSA) is 57.7 Å². The first-order valence-corrected chi connectivity index (χ1v) is 8.77. The molecule has 0 saturated carbocycles. The first-order chi connectivity index (χ1) is 15.0. The number of carbonyl (C=O) groups excluding carboxylic acids is 1. The molecule has 0 atom stereocenters. The molecular weight excluding hydrogens is 444 g/mol. The number of para-hydroxylation sites is 2. The number of benzene rings is 2. The van der Waals surface area contributed by atoms with Crippen LogP contribution in [0.4, 0.5) is 26.3 Å². The number of aromatic nitrogens is 1. The van der Waals surface area contributed by atoms with Crippen molar-refractivity contribution in [3.63, 3.8) is 0 Å². The van der Waals surface area contributed by atoms with Crippen molar-refractivity contribution in [1.29, 1.82) is 0 Å². The van der Waals surface area contributed by atoms with E-state index in [2.05, 4.69) is 19.2 Å². The van der Waals surface area contributed by atoms with E-state index in [-0.39, 0.29) is 27.9 Å². The molecule has 1 aromatic heterocycles. The number of halogens is 6. The van der Waals surface area contributed by atoms with Crippen LogP contribution in [0.25, 0.3) is 22.3 Å². The molecule has 3 aromatic rings. The van der Waals surface area contributed by atoms with E-state index >= 15 is 0 Å². The number of alkyl halides is 6. The van der Waals surface area contributed by atoms with Crippen molar-refractivity contribution in [2.24, 2.45) is 0 Å². The number of pyridine rings is 1. The van der Waals surface area contributed by atoms with E-state index in [0.717, 1.165) is 25.4 Å². The van der Waals surface area contributed by atoms with Crippen molar-refractivity contribution >= 4 is 5.97 Å². The van der Waals surface area contributed by atoms with E-state index in [9.17, 15) is 31.1 Å². The second kappa shape index (κ2) is 8.77. The molecule has 0 spiro atoms. The van der Waals surface area contributed by atoms with Gasteiger partial charge in [-0.15, -0.1) is 26.3 Å². The van der Waals surface area contributed by atoms with Crippen molar-refractivity contribution in [3.05, 3.63) is 66.5 Å². The zero-order valence-corrected chi connectivity index (χ0v) is 16.1. The predicted octanol–water partition coefficient (Wildman–Crippen LogP) is 6.00. The highest BCUT2D eigenvalue weighted by atomic mass is 19.4. The Hall–Kier alpha value is -3.76. The molecule has 0 aliphatic carbocycles. The van der Waals surface area contributed by atoms with Gasteiger partial charge in [-0.3, -0.25) is 0 Å². The van der Waals surface area contributed by atoms with Gasteiger partial charge in [0.15, 0.2) is 5.69 Å². The first kappa shape index (κ1) is 22.9. The molecule has 32 heavy (non-hydrogen) atoms. The smallest absolute Gasteiger partial charge is 0.464 e. The van der Waals surface area contributed by atoms with Gasteiger partial charge in [-0.25, -0.2) is 9.78 Å². The molecular formula is C21H13F6NO4. The molecule has 0 aliphatic heterocycles. The highest BCUT2D eigenvalue weighted by molar-refractivity contribution is 5.97. The lowest BCUT2D eigenvalue weighted by Crippen LogP contribution is -2.18. The minimum absolute atomic E-state index is 0.0503. The molecule has 168 valence electrons. The molecule has 11 heteroatoms. The fraction of sp³-hybridized carbons (Fsp3) is 0.143. The maximum absolute atomic E-state index is 12.9. The summed E-state index contributed by atoms with van der Waals surface area (Å²) in [4.78, 5) is 16.1. The molecule has 0 radical (unpaired) electrons. The molecule has 0 N–H and O–H groups in total. The number of esters is 1. The standard InChI is InChI=1S/C21H13F6NO4/c1-30-19(29)18-15(14-7-3-5-9-17(14)32-21(25,26)27)10-12(11-28-18)13-6-2-4-8-16(13)31-20(22,23)24/h2-11H,1H3. The third kappa shape index (κ3) is 5.48. The van der Waals surface area contributed by atoms with Crippen LogP contribution in [0.1, 0.15) is 10.5 Å². The molecule has 0 bridgehead atoms. The molecule has 0 saturated heterocycles. The molecule has 0 fully saturated rings. The summed E-state index contributed by atoms with van der Waals surface area (Å²) in [5.74, 6) is -2.16. The van der Waals surface area contributed by atoms with Gasteiger partial charge in [0, 0.05) is 28.5 Å². The maximum Gasteiger partial charge on any atom is 0.573 e. The number of methoxy groups -OCH3 is 1. The van der Waals surface area contributed by atoms with Crippen LogP contribution in [0.3, 0.4) is 0 Å². The summed E-state index contributed by atoms with van der Waals surface area (Å²) in [7, 11) is 1.05. The summed E-state index contributed by atoms with van der Waals surface area (Å²) in [6.07, 6.45) is -8.92. The van der Waals surface area contributed by atoms with E-state index < -0.39 is 30.2 Å². The highest BCUT2D eigenvalue weighted by Crippen LogP contribution is 2.39. The average molecular weight is 457 g/mol. The lowest BCUT2D eigenvalue weighted by Gasteiger charge is -2.17. The highest BCUT2D eigenvalue weighted by Gasteiger charge is 2.34. The third-order valence-corrected chi connectivity index (χ3v) is 4.09. The SMILES string of the molecule is COC(=O)c1ncc(-c2ccccc2OC(F)(F)F)cc1-c1ccccc1OC(F)(F)F. The van der Waals surface area contributed by atoms with E-state index in [1.807, 2.05) is 0 Å². The van der Waals surface area contributed by atoms with Crippen molar-refractivity contribution in [1.82, 2.24) is 4.98 Å². The number of ether oxygens (including phenoxy) is 3. The first-order valence-electron chi connectivity index (χ1n) is 8.77. The molecule has 5 nitrogen and oxygen atoms in total. The van der Waals surface area contributed by atoms with Crippen LogP contribution in [0.5, 0.6) is 11.5 Å². The van der Waals surface area contributed by atoms with Crippen LogP contribution >= 0.6 is 0 Å². The average Bonchev–Trinajstić information content (AvgIpc) is 2.71. The second-order valence-corrected chi connectivity index (χ2v) is 6.20. The van der Waals surface area contributed by atoms with Gasteiger partial charge in [-0.2, -0.15) is 0 Å². The number of carbonyl (C=O) groups is 1. The van der Waals surface area contributed by atoms with Gasteiger partial charge < -0.3 is 14.2 Å². The summed E-state index contributed by atoms with van der Waals surface area (Å²) in [6, 6.07) is 11.3. The lowest BCUT2D eigenvalue weighted by molar-refractivity contribution is -0.275. The summed E-state index contributed by atoms with van der Waals surface area (Å²) < 4.78 is 89.7. The molecule has 3 rings (SSSR count). The predicted molar refractivity (Wildman–Crippen MR) is 99.8 cm³/mol. The van der Waals surface area contributed by atoms with Crippen molar-refractivity contribution in [2.45, 2.75) is 12.7 Å². The van der Waals surface area contributed by atoms with E-state index in [1.165, 1.54) is 42.5 Å². The van der Waals surface area contributed by atoms with Crippen molar-refractivity contribution < 1.29 is 45.3 Å². The summed E-state index contributed by atoms with van der Waals surface area (Å²) in [6.45, 7) is 0. The Bertz CT molecular complexity index is 1130. The minimum atomic E-state index is -5.03. The normalized spacial score (nSPS) is 11.7. The quantitative estimate of drug-likeness (QED) is 0.348. The molecule has 2 aromatic carbocycles. The Morgan fingerprint density at radius 3 is 1.81 bits per heavy atom. The lowest BCUT2D eigenvalue weighted by atomic mass is 9.98. The van der Waals surface area contributed by atoms with Crippen LogP contribution in [-0.4, -0.2) is 30.8 Å². The van der Waals surface area contributed by atoms with E-state index in [1.54, 1.807) is 0 Å². The van der Waals surface area contributed by atoms with Crippen LogP contribution in [0, 0.1) is 0 Å². The van der Waals surface area contributed by atoms with E-state index in [4.69, 9.17) is 0 Å². The number of nitrogens with zero attached hydrogens (tertiary/aromatic N) is 1. The van der Waals surface area contributed by atoms with Gasteiger partial charge in [0.25, 0.3) is 0 Å². The summed E-state index contributed by atoms with van der Waals surface area (Å²) in [5.41, 5.74) is -0.674. The second-order valence-electron chi connectivity index (χ2n) is 6.20. The van der Waals surface area contributed by atoms with Gasteiger partial charge in [0.1, 0.15) is 11.5 Å². The Balaban J connectivity index is 2.21. The fourth-order valence-electron chi connectivity index (χ4n) is 2.90. The largest absolute Gasteiger partial charge is 0.573 e. The zero-order chi connectivity index (χ0) is 23.5. The van der Waals surface area contributed by atoms with Gasteiger partial charge in [0.05, 0.1) is 7.11 Å². The number of rotatable bonds is 5. The Morgan fingerprint density at radius 1 is 0.781 bits per heavy atom. The van der Waals surface area contributed by atoms with Crippen LogP contribution in [0.2, 0.25) is 0 Å². The van der Waals surface area contributed by atoms with Crippen LogP contribution in [-0.2, 0) is 4.74 Å². The molecule has 0 amide bonds. The summed E-state index contributed by atoms with van der Waals surface area (Å²) >= 11 is 0. The van der Waals surface area contributed by atoms with Gasteiger partial charge in [-0.1, -0.05) is 36.4 Å². The van der Waals surface area contributed by atoms with Gasteiger partial charge >= 0.3 is 18.7 Å². The Labute approximate surface area is 177 Å². The molecule has 0 unspecified atom stereocenters. The summed E-state index contributed by atoms with van der Waals surface area (Å²) in [5, 5.41) is 0. The van der Waals surface area contributed by atoms with Crippen molar-refractivity contribution in [2.75, 3.05) is 7.11 Å². The zero-order valence-electron chi connectivity index (χ0n) is 16.1. The number of hydrogen-bond acceptors (Lipinski definition) is 5. The Morgan fingerprint density at radius 2 is 1.28 bits per heavy atom. The Kier molecular flexibility index (Phi) is 6.28. The van der Waals surface area contributed by atoms with E-state index in [0.29, 0.717) is 0 Å². The van der Waals surface area contributed by atoms with Gasteiger partial charge in [0.2, 0.25) is 0 Å².